The Balaban J connectivity index is 2.07. The minimum atomic E-state index is -0.420. The Kier molecular flexibility index (Phi) is 2.91. The van der Waals surface area contributed by atoms with Crippen molar-refractivity contribution in [2.24, 2.45) is 0 Å². The van der Waals surface area contributed by atoms with Gasteiger partial charge in [0.1, 0.15) is 0 Å². The highest BCUT2D eigenvalue weighted by Crippen LogP contribution is 2.20. The van der Waals surface area contributed by atoms with Gasteiger partial charge in [0.25, 0.3) is 0 Å². The fourth-order valence-corrected chi connectivity index (χ4v) is 2.07. The van der Waals surface area contributed by atoms with Crippen LogP contribution in [0.15, 0.2) is 42.0 Å². The largest absolute Gasteiger partial charge is 0.388 e. The third kappa shape index (κ3) is 2.19. The van der Waals surface area contributed by atoms with Crippen LogP contribution in [-0.4, -0.2) is 10.1 Å². The van der Waals surface area contributed by atoms with Crippen molar-refractivity contribution < 1.29 is 5.11 Å². The second-order valence-corrected chi connectivity index (χ2v) is 4.11. The monoisotopic (exact) mass is 205 g/mol. The lowest BCUT2D eigenvalue weighted by Crippen LogP contribution is -2.00. The maximum absolute atomic E-state index is 9.87. The zero-order chi connectivity index (χ0) is 9.80. The van der Waals surface area contributed by atoms with Crippen molar-refractivity contribution >= 4 is 11.3 Å². The van der Waals surface area contributed by atoms with Crippen molar-refractivity contribution in [1.29, 1.82) is 0 Å². The molecule has 0 aliphatic rings. The molecule has 1 atom stereocenters. The number of aliphatic hydroxyl groups is 1. The molecule has 0 saturated carbocycles. The van der Waals surface area contributed by atoms with Crippen molar-refractivity contribution in [1.82, 2.24) is 4.98 Å². The number of rotatable bonds is 3. The summed E-state index contributed by atoms with van der Waals surface area (Å²) in [6, 6.07) is 7.73. The standard InChI is InChI=1S/C11H11NOS/c13-11(8-10-2-1-7-14-10)9-3-5-12-6-4-9/h1-7,11,13H,8H2. The van der Waals surface area contributed by atoms with Gasteiger partial charge in [0, 0.05) is 23.7 Å². The van der Waals surface area contributed by atoms with Crippen LogP contribution >= 0.6 is 11.3 Å². The quantitative estimate of drug-likeness (QED) is 0.834. The average molecular weight is 205 g/mol. The molecule has 3 heteroatoms. The molecule has 14 heavy (non-hydrogen) atoms. The third-order valence-corrected chi connectivity index (χ3v) is 2.96. The highest BCUT2D eigenvalue weighted by Gasteiger charge is 2.08. The molecule has 72 valence electrons. The van der Waals surface area contributed by atoms with Crippen LogP contribution in [0.4, 0.5) is 0 Å². The maximum Gasteiger partial charge on any atom is 0.0839 e. The molecule has 2 aromatic heterocycles. The van der Waals surface area contributed by atoms with Crippen LogP contribution in [0.25, 0.3) is 0 Å². The Labute approximate surface area is 86.9 Å². The molecular weight excluding hydrogens is 194 g/mol. The number of aromatic nitrogens is 1. The molecular formula is C11H11NOS. The highest BCUT2D eigenvalue weighted by molar-refractivity contribution is 7.09. The smallest absolute Gasteiger partial charge is 0.0839 e. The Bertz CT molecular complexity index is 371. The van der Waals surface area contributed by atoms with Crippen LogP contribution in [0, 0.1) is 0 Å². The van der Waals surface area contributed by atoms with Gasteiger partial charge in [-0.3, -0.25) is 4.98 Å². The summed E-state index contributed by atoms with van der Waals surface area (Å²) in [5, 5.41) is 11.9. The fourth-order valence-electron chi connectivity index (χ4n) is 1.32. The van der Waals surface area contributed by atoms with Crippen molar-refractivity contribution in [2.45, 2.75) is 12.5 Å². The first-order valence-electron chi connectivity index (χ1n) is 4.46. The van der Waals surface area contributed by atoms with Crippen LogP contribution in [0.3, 0.4) is 0 Å². The molecule has 1 N–H and O–H groups in total. The van der Waals surface area contributed by atoms with Gasteiger partial charge in [0.2, 0.25) is 0 Å². The predicted molar refractivity (Wildman–Crippen MR) is 57.2 cm³/mol. The first-order chi connectivity index (χ1) is 6.86. The van der Waals surface area contributed by atoms with Gasteiger partial charge in [0.05, 0.1) is 6.10 Å². The Hall–Kier alpha value is -1.19. The SMILES string of the molecule is OC(Cc1cccs1)c1ccncc1. The van der Waals surface area contributed by atoms with Crippen molar-refractivity contribution in [3.63, 3.8) is 0 Å². The lowest BCUT2D eigenvalue weighted by molar-refractivity contribution is 0.179. The van der Waals surface area contributed by atoms with E-state index in [-0.39, 0.29) is 0 Å². The number of hydrogen-bond donors (Lipinski definition) is 1. The second kappa shape index (κ2) is 4.35. The van der Waals surface area contributed by atoms with E-state index in [0.29, 0.717) is 6.42 Å². The zero-order valence-corrected chi connectivity index (χ0v) is 8.45. The molecule has 0 aliphatic heterocycles. The van der Waals surface area contributed by atoms with Gasteiger partial charge >= 0.3 is 0 Å². The number of pyridine rings is 1. The minimum absolute atomic E-state index is 0.420. The lowest BCUT2D eigenvalue weighted by Gasteiger charge is -2.08. The van der Waals surface area contributed by atoms with E-state index in [1.54, 1.807) is 23.7 Å². The van der Waals surface area contributed by atoms with E-state index in [1.807, 2.05) is 29.6 Å². The molecule has 0 aliphatic carbocycles. The lowest BCUT2D eigenvalue weighted by atomic mass is 10.1. The van der Waals surface area contributed by atoms with Crippen LogP contribution in [0.5, 0.6) is 0 Å². The molecule has 0 fully saturated rings. The average Bonchev–Trinajstić information content (AvgIpc) is 2.72. The van der Waals surface area contributed by atoms with Gasteiger partial charge in [-0.15, -0.1) is 11.3 Å². The first-order valence-corrected chi connectivity index (χ1v) is 5.34. The zero-order valence-electron chi connectivity index (χ0n) is 7.63. The molecule has 0 aromatic carbocycles. The van der Waals surface area contributed by atoms with E-state index < -0.39 is 6.10 Å². The van der Waals surface area contributed by atoms with E-state index >= 15 is 0 Å². The number of aliphatic hydroxyl groups excluding tert-OH is 1. The van der Waals surface area contributed by atoms with E-state index in [1.165, 1.54) is 4.88 Å². The van der Waals surface area contributed by atoms with Gasteiger partial charge in [-0.2, -0.15) is 0 Å². The van der Waals surface area contributed by atoms with Gasteiger partial charge in [-0.05, 0) is 29.1 Å². The second-order valence-electron chi connectivity index (χ2n) is 3.08. The predicted octanol–water partition coefficient (Wildman–Crippen LogP) is 2.42. The van der Waals surface area contributed by atoms with Gasteiger partial charge < -0.3 is 5.11 Å². The molecule has 0 saturated heterocycles. The van der Waals surface area contributed by atoms with Gasteiger partial charge in [-0.25, -0.2) is 0 Å². The van der Waals surface area contributed by atoms with E-state index in [0.717, 1.165) is 5.56 Å². The molecule has 0 amide bonds. The normalized spacial score (nSPS) is 12.6. The molecule has 0 bridgehead atoms. The summed E-state index contributed by atoms with van der Waals surface area (Å²) in [5.74, 6) is 0. The Morgan fingerprint density at radius 1 is 1.29 bits per heavy atom. The molecule has 2 aromatic rings. The highest BCUT2D eigenvalue weighted by atomic mass is 32.1. The van der Waals surface area contributed by atoms with Gasteiger partial charge in [-0.1, -0.05) is 6.07 Å². The summed E-state index contributed by atoms with van der Waals surface area (Å²) < 4.78 is 0. The molecule has 0 radical (unpaired) electrons. The Morgan fingerprint density at radius 2 is 2.07 bits per heavy atom. The van der Waals surface area contributed by atoms with Crippen LogP contribution < -0.4 is 0 Å². The van der Waals surface area contributed by atoms with E-state index in [2.05, 4.69) is 4.98 Å². The number of hydrogen-bond acceptors (Lipinski definition) is 3. The van der Waals surface area contributed by atoms with Crippen LogP contribution in [0.1, 0.15) is 16.5 Å². The number of thiophene rings is 1. The van der Waals surface area contributed by atoms with Crippen LogP contribution in [0.2, 0.25) is 0 Å². The molecule has 2 rings (SSSR count). The van der Waals surface area contributed by atoms with Crippen molar-refractivity contribution in [2.75, 3.05) is 0 Å². The van der Waals surface area contributed by atoms with E-state index in [4.69, 9.17) is 0 Å². The summed E-state index contributed by atoms with van der Waals surface area (Å²) in [7, 11) is 0. The molecule has 2 heterocycles. The summed E-state index contributed by atoms with van der Waals surface area (Å²) in [4.78, 5) is 5.12. The summed E-state index contributed by atoms with van der Waals surface area (Å²) >= 11 is 1.67. The minimum Gasteiger partial charge on any atom is -0.388 e. The summed E-state index contributed by atoms with van der Waals surface area (Å²) in [5.41, 5.74) is 0.924. The number of nitrogens with zero attached hydrogens (tertiary/aromatic N) is 1. The van der Waals surface area contributed by atoms with Gasteiger partial charge in [0.15, 0.2) is 0 Å². The first kappa shape index (κ1) is 9.37. The van der Waals surface area contributed by atoms with E-state index in [9.17, 15) is 5.11 Å². The third-order valence-electron chi connectivity index (χ3n) is 2.07. The maximum atomic E-state index is 9.87. The molecule has 2 nitrogen and oxygen atoms in total. The topological polar surface area (TPSA) is 33.1 Å². The van der Waals surface area contributed by atoms with Crippen LogP contribution in [-0.2, 0) is 6.42 Å². The summed E-state index contributed by atoms with van der Waals surface area (Å²) in [6.45, 7) is 0. The molecule has 1 unspecified atom stereocenters. The van der Waals surface area contributed by atoms with Crippen molar-refractivity contribution in [3.8, 4) is 0 Å². The Morgan fingerprint density at radius 3 is 2.71 bits per heavy atom. The fraction of sp³-hybridized carbons (Fsp3) is 0.182. The van der Waals surface area contributed by atoms with Crippen molar-refractivity contribution in [3.05, 3.63) is 52.5 Å². The summed E-state index contributed by atoms with van der Waals surface area (Å²) in [6.07, 6.45) is 3.67. The molecule has 0 spiro atoms.